The number of ketones is 1. The van der Waals surface area contributed by atoms with Crippen LogP contribution in [0.5, 0.6) is 0 Å². The number of halogens is 3. The zero-order valence-electron chi connectivity index (χ0n) is 21.2. The van der Waals surface area contributed by atoms with Crippen LogP contribution in [0.4, 0.5) is 13.2 Å². The van der Waals surface area contributed by atoms with Gasteiger partial charge in [-0.15, -0.1) is 13.2 Å². The van der Waals surface area contributed by atoms with E-state index < -0.39 is 54.5 Å². The molecular formula is C25H35F3N4O6. The van der Waals surface area contributed by atoms with Crippen molar-refractivity contribution >= 4 is 29.4 Å². The van der Waals surface area contributed by atoms with Gasteiger partial charge in [0.1, 0.15) is 12.6 Å². The Morgan fingerprint density at radius 1 is 1.03 bits per heavy atom. The van der Waals surface area contributed by atoms with Gasteiger partial charge in [0.15, 0.2) is 5.78 Å². The van der Waals surface area contributed by atoms with E-state index in [1.807, 2.05) is 0 Å². The maximum Gasteiger partial charge on any atom is 0.522 e. The van der Waals surface area contributed by atoms with Gasteiger partial charge >= 0.3 is 18.2 Å². The van der Waals surface area contributed by atoms with Gasteiger partial charge in [-0.1, -0.05) is 25.7 Å². The summed E-state index contributed by atoms with van der Waals surface area (Å²) < 4.78 is 41.4. The van der Waals surface area contributed by atoms with E-state index in [2.05, 4.69) is 20.7 Å². The largest absolute Gasteiger partial charge is 0.522 e. The Bertz CT molecular complexity index is 939. The Labute approximate surface area is 218 Å². The van der Waals surface area contributed by atoms with Crippen LogP contribution in [0.25, 0.3) is 0 Å². The van der Waals surface area contributed by atoms with Crippen LogP contribution >= 0.6 is 0 Å². The Kier molecular flexibility index (Phi) is 8.94. The first-order valence-electron chi connectivity index (χ1n) is 13.5. The number of ether oxygens (including phenoxy) is 1. The number of Topliss-reactive ketones (excluding diaryl/α,β-unsaturated/α-hetero) is 1. The molecule has 0 radical (unpaired) electrons. The number of amides is 4. The molecular weight excluding hydrogens is 509 g/mol. The van der Waals surface area contributed by atoms with Crippen LogP contribution < -0.4 is 16.0 Å². The highest BCUT2D eigenvalue weighted by Gasteiger charge is 2.51. The van der Waals surface area contributed by atoms with E-state index in [4.69, 9.17) is 0 Å². The highest BCUT2D eigenvalue weighted by atomic mass is 19.4. The van der Waals surface area contributed by atoms with Crippen molar-refractivity contribution in [3.05, 3.63) is 0 Å². The smallest absolute Gasteiger partial charge is 0.356 e. The third kappa shape index (κ3) is 6.83. The fourth-order valence-electron chi connectivity index (χ4n) is 6.41. The summed E-state index contributed by atoms with van der Waals surface area (Å²) in [5, 5.41) is 7.90. The average Bonchev–Trinajstić information content (AvgIpc) is 3.58. The Hall–Kier alpha value is -2.70. The molecule has 0 spiro atoms. The zero-order chi connectivity index (χ0) is 27.4. The summed E-state index contributed by atoms with van der Waals surface area (Å²) in [6.45, 7) is -0.728. The van der Waals surface area contributed by atoms with E-state index >= 15 is 0 Å². The molecule has 3 N–H and O–H groups in total. The number of fused-ring (bicyclic) bond motifs is 1. The highest BCUT2D eigenvalue weighted by molar-refractivity contribution is 6.35. The van der Waals surface area contributed by atoms with Crippen LogP contribution in [-0.4, -0.2) is 78.5 Å². The maximum atomic E-state index is 13.5. The van der Waals surface area contributed by atoms with E-state index in [1.54, 1.807) is 0 Å². The first-order chi connectivity index (χ1) is 18.0. The van der Waals surface area contributed by atoms with Gasteiger partial charge in [-0.3, -0.25) is 28.7 Å². The predicted molar refractivity (Wildman–Crippen MR) is 126 cm³/mol. The lowest BCUT2D eigenvalue weighted by molar-refractivity contribution is -0.321. The molecule has 212 valence electrons. The minimum absolute atomic E-state index is 0.0144. The molecule has 4 aliphatic rings. The van der Waals surface area contributed by atoms with Crippen molar-refractivity contribution in [3.8, 4) is 0 Å². The van der Waals surface area contributed by atoms with Crippen LogP contribution in [0.1, 0.15) is 64.2 Å². The third-order valence-corrected chi connectivity index (χ3v) is 8.32. The molecule has 5 atom stereocenters. The van der Waals surface area contributed by atoms with Crippen molar-refractivity contribution in [2.75, 3.05) is 19.7 Å². The number of hydrogen-bond acceptors (Lipinski definition) is 6. The lowest BCUT2D eigenvalue weighted by Crippen LogP contribution is -2.56. The van der Waals surface area contributed by atoms with Crippen LogP contribution in [-0.2, 0) is 28.7 Å². The maximum absolute atomic E-state index is 13.5. The Morgan fingerprint density at radius 2 is 1.76 bits per heavy atom. The number of nitrogens with one attached hydrogen (secondary N) is 3. The number of rotatable bonds is 8. The minimum Gasteiger partial charge on any atom is -0.356 e. The van der Waals surface area contributed by atoms with E-state index in [9.17, 15) is 37.1 Å². The summed E-state index contributed by atoms with van der Waals surface area (Å²) in [6.07, 6.45) is 2.01. The van der Waals surface area contributed by atoms with Gasteiger partial charge < -0.3 is 20.9 Å². The fourth-order valence-corrected chi connectivity index (χ4v) is 6.41. The summed E-state index contributed by atoms with van der Waals surface area (Å²) in [4.78, 5) is 65.5. The molecule has 4 fully saturated rings. The third-order valence-electron chi connectivity index (χ3n) is 8.32. The molecule has 2 saturated heterocycles. The number of likely N-dealkylation sites (tertiary alicyclic amines) is 1. The number of carbonyl (C=O) groups is 5. The lowest BCUT2D eigenvalue weighted by Gasteiger charge is -2.30. The molecule has 38 heavy (non-hydrogen) atoms. The molecule has 13 heteroatoms. The molecule has 10 nitrogen and oxygen atoms in total. The molecule has 2 aliphatic heterocycles. The van der Waals surface area contributed by atoms with Crippen molar-refractivity contribution in [3.63, 3.8) is 0 Å². The van der Waals surface area contributed by atoms with Crippen molar-refractivity contribution in [2.45, 2.75) is 88.7 Å². The highest BCUT2D eigenvalue weighted by Crippen LogP contribution is 2.42. The number of carbonyl (C=O) groups excluding carboxylic acids is 5. The first-order valence-corrected chi connectivity index (χ1v) is 13.5. The molecule has 4 amide bonds. The quantitative estimate of drug-likeness (QED) is 0.393. The number of nitrogens with zero attached hydrogens (tertiary/aromatic N) is 1. The van der Waals surface area contributed by atoms with Crippen LogP contribution in [0, 0.1) is 17.8 Å². The second-order valence-corrected chi connectivity index (χ2v) is 10.8. The van der Waals surface area contributed by atoms with Crippen molar-refractivity contribution in [2.24, 2.45) is 17.8 Å². The second kappa shape index (κ2) is 12.0. The van der Waals surface area contributed by atoms with Gasteiger partial charge in [0.05, 0.1) is 6.04 Å². The summed E-state index contributed by atoms with van der Waals surface area (Å²) >= 11 is 0. The SMILES string of the molecule is O=C(NC1CCCCC1)C(=O)N1C[C@@H]2CCC[C@@H]2[C@H]1C(=O)N[C@@H](C[C@@H]1CCNC1=O)C(=O)COC(F)(F)F. The van der Waals surface area contributed by atoms with E-state index in [-0.39, 0.29) is 36.8 Å². The standard InChI is InChI=1S/C25H35F3N4O6/c26-25(27,28)38-13-19(33)18(11-14-9-10-29-21(14)34)31-22(35)20-17-8-4-5-15(17)12-32(20)24(37)23(36)30-16-6-2-1-3-7-16/h14-18,20H,1-13H2,(H,29,34)(H,30,36)(H,31,35)/t14-,15-,17-,18-,20-/m0/s1. The number of alkyl halides is 3. The molecule has 2 heterocycles. The van der Waals surface area contributed by atoms with Gasteiger partial charge in [0.25, 0.3) is 0 Å². The summed E-state index contributed by atoms with van der Waals surface area (Å²) in [5.41, 5.74) is 0. The molecule has 0 unspecified atom stereocenters. The fraction of sp³-hybridized carbons (Fsp3) is 0.800. The molecule has 0 aromatic carbocycles. The topological polar surface area (TPSA) is 134 Å². The van der Waals surface area contributed by atoms with Gasteiger partial charge in [-0.2, -0.15) is 0 Å². The van der Waals surface area contributed by atoms with Crippen LogP contribution in [0.15, 0.2) is 0 Å². The van der Waals surface area contributed by atoms with Crippen molar-refractivity contribution in [1.82, 2.24) is 20.9 Å². The first kappa shape index (κ1) is 28.3. The normalized spacial score (nSPS) is 28.5. The average molecular weight is 545 g/mol. The monoisotopic (exact) mass is 544 g/mol. The molecule has 0 bridgehead atoms. The van der Waals surface area contributed by atoms with Crippen molar-refractivity contribution in [1.29, 1.82) is 0 Å². The van der Waals surface area contributed by atoms with E-state index in [1.165, 1.54) is 4.90 Å². The summed E-state index contributed by atoms with van der Waals surface area (Å²) in [6, 6.07) is -2.53. The van der Waals surface area contributed by atoms with Crippen LogP contribution in [0.2, 0.25) is 0 Å². The van der Waals surface area contributed by atoms with Gasteiger partial charge in [-0.05, 0) is 50.4 Å². The minimum atomic E-state index is -5.04. The Balaban J connectivity index is 1.47. The molecule has 2 aliphatic carbocycles. The Morgan fingerprint density at radius 3 is 2.42 bits per heavy atom. The molecule has 4 rings (SSSR count). The molecule has 0 aromatic heterocycles. The summed E-state index contributed by atoms with van der Waals surface area (Å²) in [5.74, 6) is -4.53. The number of hydrogen-bond donors (Lipinski definition) is 3. The van der Waals surface area contributed by atoms with Gasteiger partial charge in [0.2, 0.25) is 11.8 Å². The van der Waals surface area contributed by atoms with E-state index in [0.717, 1.165) is 44.9 Å². The van der Waals surface area contributed by atoms with E-state index in [0.29, 0.717) is 19.4 Å². The van der Waals surface area contributed by atoms with Gasteiger partial charge in [-0.25, -0.2) is 0 Å². The zero-order valence-corrected chi connectivity index (χ0v) is 21.2. The van der Waals surface area contributed by atoms with Gasteiger partial charge in [0, 0.05) is 25.0 Å². The second-order valence-electron chi connectivity index (χ2n) is 10.8. The lowest BCUT2D eigenvalue weighted by atomic mass is 9.92. The molecule has 0 aromatic rings. The van der Waals surface area contributed by atoms with Crippen molar-refractivity contribution < 1.29 is 41.9 Å². The summed E-state index contributed by atoms with van der Waals surface area (Å²) in [7, 11) is 0. The van der Waals surface area contributed by atoms with Crippen LogP contribution in [0.3, 0.4) is 0 Å². The molecule has 2 saturated carbocycles. The predicted octanol–water partition coefficient (Wildman–Crippen LogP) is 1.18.